The Morgan fingerprint density at radius 3 is 2.17 bits per heavy atom. The first-order valence-corrected chi connectivity index (χ1v) is 10.5. The molecule has 4 rings (SSSR count). The van der Waals surface area contributed by atoms with Crippen molar-refractivity contribution in [2.75, 3.05) is 10.7 Å². The Labute approximate surface area is 179 Å². The number of thioether (sulfide) groups is 1. The molecule has 1 amide bonds. The number of carbonyl (C=O) groups is 1. The van der Waals surface area contributed by atoms with Gasteiger partial charge in [-0.05, 0) is 41.5 Å². The number of benzene rings is 3. The summed E-state index contributed by atoms with van der Waals surface area (Å²) in [6.07, 6.45) is 5.84. The first-order chi connectivity index (χ1) is 14.7. The quantitative estimate of drug-likeness (QED) is 0.479. The summed E-state index contributed by atoms with van der Waals surface area (Å²) in [6, 6.07) is 25.5. The van der Waals surface area contributed by atoms with Gasteiger partial charge in [0.25, 0.3) is 5.91 Å². The van der Waals surface area contributed by atoms with Crippen LogP contribution in [0.15, 0.2) is 102 Å². The molecule has 1 aliphatic heterocycles. The van der Waals surface area contributed by atoms with Crippen molar-refractivity contribution in [1.82, 2.24) is 0 Å². The van der Waals surface area contributed by atoms with Gasteiger partial charge in [-0.25, -0.2) is 9.38 Å². The molecule has 0 bridgehead atoms. The first kappa shape index (κ1) is 19.9. The van der Waals surface area contributed by atoms with E-state index in [0.29, 0.717) is 22.3 Å². The van der Waals surface area contributed by atoms with Gasteiger partial charge in [-0.3, -0.25) is 9.69 Å². The summed E-state index contributed by atoms with van der Waals surface area (Å²) in [5.41, 5.74) is 2.97. The third-order valence-electron chi connectivity index (χ3n) is 4.44. The molecule has 0 unspecified atom stereocenters. The minimum Gasteiger partial charge on any atom is -0.266 e. The lowest BCUT2D eigenvalue weighted by Gasteiger charge is -2.17. The van der Waals surface area contributed by atoms with E-state index in [1.165, 1.54) is 28.8 Å². The fourth-order valence-corrected chi connectivity index (χ4v) is 3.81. The fraction of sp³-hybridized carbons (Fsp3) is 0.0400. The highest BCUT2D eigenvalue weighted by molar-refractivity contribution is 8.14. The number of amides is 1. The van der Waals surface area contributed by atoms with E-state index in [2.05, 4.69) is 4.99 Å². The standard InChI is InChI=1S/C25H19FN2OS/c26-21-13-15-22(16-14-21)28-24(29)23(18-20-10-5-2-6-11-20)27-25(28)30-17-7-12-19-8-3-1-4-9-19/h1-16,18H,17H2/b12-7+,23-18+. The molecule has 1 aliphatic rings. The Bertz CT molecular complexity index is 1110. The summed E-state index contributed by atoms with van der Waals surface area (Å²) in [6.45, 7) is 0. The summed E-state index contributed by atoms with van der Waals surface area (Å²) < 4.78 is 13.4. The van der Waals surface area contributed by atoms with Crippen molar-refractivity contribution in [3.05, 3.63) is 114 Å². The topological polar surface area (TPSA) is 32.7 Å². The lowest BCUT2D eigenvalue weighted by Crippen LogP contribution is -2.30. The zero-order valence-electron chi connectivity index (χ0n) is 16.1. The van der Waals surface area contributed by atoms with Crippen molar-refractivity contribution in [2.45, 2.75) is 0 Å². The van der Waals surface area contributed by atoms with Gasteiger partial charge in [0.2, 0.25) is 0 Å². The van der Waals surface area contributed by atoms with Gasteiger partial charge in [0, 0.05) is 5.75 Å². The predicted octanol–water partition coefficient (Wildman–Crippen LogP) is 6.02. The number of hydrogen-bond donors (Lipinski definition) is 0. The largest absolute Gasteiger partial charge is 0.283 e. The summed E-state index contributed by atoms with van der Waals surface area (Å²) in [4.78, 5) is 19.2. The highest BCUT2D eigenvalue weighted by atomic mass is 32.2. The second-order valence-electron chi connectivity index (χ2n) is 6.58. The predicted molar refractivity (Wildman–Crippen MR) is 124 cm³/mol. The lowest BCUT2D eigenvalue weighted by molar-refractivity contribution is -0.113. The Balaban J connectivity index is 1.58. The molecule has 0 atom stereocenters. The number of anilines is 1. The van der Waals surface area contributed by atoms with Crippen molar-refractivity contribution >= 4 is 40.7 Å². The van der Waals surface area contributed by atoms with Crippen LogP contribution in [0.4, 0.5) is 10.1 Å². The van der Waals surface area contributed by atoms with Crippen molar-refractivity contribution < 1.29 is 9.18 Å². The van der Waals surface area contributed by atoms with Gasteiger partial charge in [0.1, 0.15) is 11.5 Å². The maximum atomic E-state index is 13.4. The summed E-state index contributed by atoms with van der Waals surface area (Å²) >= 11 is 1.46. The van der Waals surface area contributed by atoms with Crippen LogP contribution < -0.4 is 4.90 Å². The van der Waals surface area contributed by atoms with E-state index >= 15 is 0 Å². The van der Waals surface area contributed by atoms with Crippen LogP contribution in [0.1, 0.15) is 11.1 Å². The average molecular weight is 415 g/mol. The van der Waals surface area contributed by atoms with Gasteiger partial charge in [0.05, 0.1) is 5.69 Å². The molecule has 30 heavy (non-hydrogen) atoms. The van der Waals surface area contributed by atoms with E-state index in [9.17, 15) is 9.18 Å². The number of rotatable bonds is 5. The highest BCUT2D eigenvalue weighted by Crippen LogP contribution is 2.29. The van der Waals surface area contributed by atoms with Crippen molar-refractivity contribution in [1.29, 1.82) is 0 Å². The molecule has 1 heterocycles. The Morgan fingerprint density at radius 1 is 0.867 bits per heavy atom. The van der Waals surface area contributed by atoms with Crippen LogP contribution in [0, 0.1) is 5.82 Å². The molecule has 0 saturated carbocycles. The monoisotopic (exact) mass is 414 g/mol. The number of carbonyl (C=O) groups excluding carboxylic acids is 1. The summed E-state index contributed by atoms with van der Waals surface area (Å²) in [5.74, 6) is 0.0829. The number of halogens is 1. The molecular formula is C25H19FN2OS. The molecule has 0 fully saturated rings. The van der Waals surface area contributed by atoms with Crippen molar-refractivity contribution in [3.8, 4) is 0 Å². The van der Waals surface area contributed by atoms with E-state index in [1.807, 2.05) is 72.8 Å². The molecule has 0 aliphatic carbocycles. The molecule has 0 spiro atoms. The van der Waals surface area contributed by atoms with Gasteiger partial charge >= 0.3 is 0 Å². The molecule has 148 valence electrons. The first-order valence-electron chi connectivity index (χ1n) is 9.50. The van der Waals surface area contributed by atoms with Crippen LogP contribution in [0.2, 0.25) is 0 Å². The highest BCUT2D eigenvalue weighted by Gasteiger charge is 2.31. The Morgan fingerprint density at radius 2 is 1.50 bits per heavy atom. The normalized spacial score (nSPS) is 15.2. The molecule has 3 aromatic carbocycles. The molecule has 3 aromatic rings. The van der Waals surface area contributed by atoms with Crippen LogP contribution in [-0.4, -0.2) is 16.8 Å². The molecule has 0 radical (unpaired) electrons. The average Bonchev–Trinajstić information content (AvgIpc) is 3.08. The third-order valence-corrected chi connectivity index (χ3v) is 5.33. The number of aliphatic imine (C=N–C) groups is 1. The maximum absolute atomic E-state index is 13.4. The zero-order valence-corrected chi connectivity index (χ0v) is 16.9. The van der Waals surface area contributed by atoms with Crippen molar-refractivity contribution in [3.63, 3.8) is 0 Å². The minimum atomic E-state index is -0.345. The number of nitrogens with zero attached hydrogens (tertiary/aromatic N) is 2. The van der Waals surface area contributed by atoms with Crippen LogP contribution >= 0.6 is 11.8 Å². The van der Waals surface area contributed by atoms with E-state index in [0.717, 1.165) is 11.1 Å². The smallest absolute Gasteiger partial charge is 0.266 e. The van der Waals surface area contributed by atoms with Gasteiger partial charge < -0.3 is 0 Å². The minimum absolute atomic E-state index is 0.222. The van der Waals surface area contributed by atoms with Gasteiger partial charge in [-0.15, -0.1) is 0 Å². The van der Waals surface area contributed by atoms with E-state index in [1.54, 1.807) is 18.2 Å². The maximum Gasteiger partial charge on any atom is 0.283 e. The molecule has 0 N–H and O–H groups in total. The second-order valence-corrected chi connectivity index (χ2v) is 7.56. The van der Waals surface area contributed by atoms with Crippen LogP contribution in [0.5, 0.6) is 0 Å². The fourth-order valence-electron chi connectivity index (χ4n) is 2.99. The lowest BCUT2D eigenvalue weighted by atomic mass is 10.2. The number of amidine groups is 1. The van der Waals surface area contributed by atoms with Crippen LogP contribution in [-0.2, 0) is 4.79 Å². The molecule has 0 aromatic heterocycles. The summed E-state index contributed by atoms with van der Waals surface area (Å²) in [7, 11) is 0. The van der Waals surface area contributed by atoms with Gasteiger partial charge in [0.15, 0.2) is 5.17 Å². The van der Waals surface area contributed by atoms with E-state index in [-0.39, 0.29) is 11.7 Å². The third kappa shape index (κ3) is 4.75. The van der Waals surface area contributed by atoms with Crippen molar-refractivity contribution in [2.24, 2.45) is 4.99 Å². The zero-order chi connectivity index (χ0) is 20.8. The van der Waals surface area contributed by atoms with Crippen LogP contribution in [0.3, 0.4) is 0 Å². The molecule has 3 nitrogen and oxygen atoms in total. The Kier molecular flexibility index (Phi) is 6.20. The number of hydrogen-bond acceptors (Lipinski definition) is 3. The van der Waals surface area contributed by atoms with E-state index in [4.69, 9.17) is 0 Å². The Hall–Kier alpha value is -3.44. The van der Waals surface area contributed by atoms with E-state index < -0.39 is 0 Å². The second kappa shape index (κ2) is 9.37. The summed E-state index contributed by atoms with van der Waals surface area (Å²) in [5, 5.41) is 0.575. The molecule has 5 heteroatoms. The van der Waals surface area contributed by atoms with Crippen LogP contribution in [0.25, 0.3) is 12.2 Å². The molecular weight excluding hydrogens is 395 g/mol. The SMILES string of the molecule is O=C1/C(=C\c2ccccc2)N=C(SC/C=C/c2ccccc2)N1c1ccc(F)cc1. The van der Waals surface area contributed by atoms with Gasteiger partial charge in [-0.1, -0.05) is 84.6 Å². The van der Waals surface area contributed by atoms with Gasteiger partial charge in [-0.2, -0.15) is 0 Å². The molecule has 0 saturated heterocycles.